The number of carbonyl (C=O) groups is 2. The van der Waals surface area contributed by atoms with Crippen LogP contribution in [0.1, 0.15) is 77.4 Å². The highest BCUT2D eigenvalue weighted by Crippen LogP contribution is 2.63. The first-order valence-corrected chi connectivity index (χ1v) is 13.6. The van der Waals surface area contributed by atoms with Crippen LogP contribution in [-0.2, 0) is 27.8 Å². The minimum Gasteiger partial charge on any atom is -0.497 e. The van der Waals surface area contributed by atoms with E-state index in [-0.39, 0.29) is 29.6 Å². The second kappa shape index (κ2) is 9.19. The third kappa shape index (κ3) is 3.74. The van der Waals surface area contributed by atoms with Crippen molar-refractivity contribution in [2.24, 2.45) is 11.8 Å². The monoisotopic (exact) mass is 501 g/mol. The number of anilines is 1. The molecular formula is C27H32ClNO4S. The van der Waals surface area contributed by atoms with E-state index in [0.717, 1.165) is 43.4 Å². The fraction of sp³-hybridized carbons (Fsp3) is 0.556. The Balaban J connectivity index is 1.50. The summed E-state index contributed by atoms with van der Waals surface area (Å²) in [6, 6.07) is 6.57. The van der Waals surface area contributed by atoms with Gasteiger partial charge in [0.2, 0.25) is 5.91 Å². The van der Waals surface area contributed by atoms with Crippen molar-refractivity contribution in [1.82, 2.24) is 0 Å². The number of rotatable bonds is 6. The lowest BCUT2D eigenvalue weighted by molar-refractivity contribution is -0.115. The minimum absolute atomic E-state index is 0.0888. The van der Waals surface area contributed by atoms with Crippen LogP contribution in [0, 0.1) is 11.8 Å². The fourth-order valence-corrected chi connectivity index (χ4v) is 8.45. The van der Waals surface area contributed by atoms with E-state index in [4.69, 9.17) is 21.1 Å². The maximum Gasteiger partial charge on any atom is 0.341 e. The average molecular weight is 502 g/mol. The zero-order valence-electron chi connectivity index (χ0n) is 20.0. The number of fused-ring (bicyclic) bond motifs is 7. The lowest BCUT2D eigenvalue weighted by atomic mass is 9.54. The van der Waals surface area contributed by atoms with Crippen molar-refractivity contribution in [3.8, 4) is 5.75 Å². The van der Waals surface area contributed by atoms with Gasteiger partial charge in [0.05, 0.1) is 19.3 Å². The largest absolute Gasteiger partial charge is 0.497 e. The van der Waals surface area contributed by atoms with Crippen LogP contribution in [-0.4, -0.2) is 31.5 Å². The molecule has 0 aliphatic heterocycles. The molecule has 1 amide bonds. The van der Waals surface area contributed by atoms with Gasteiger partial charge in [0.25, 0.3) is 0 Å². The summed E-state index contributed by atoms with van der Waals surface area (Å²) in [7, 11) is 1.73. The molecule has 4 atom stereocenters. The summed E-state index contributed by atoms with van der Waals surface area (Å²) in [5.41, 5.74) is 4.52. The number of methoxy groups -OCH3 is 1. The Kier molecular flexibility index (Phi) is 6.40. The number of halogens is 1. The summed E-state index contributed by atoms with van der Waals surface area (Å²) in [6.45, 7) is 4.47. The van der Waals surface area contributed by atoms with Crippen molar-refractivity contribution in [2.75, 3.05) is 24.9 Å². The van der Waals surface area contributed by atoms with Gasteiger partial charge in [-0.05, 0) is 91.0 Å². The lowest BCUT2D eigenvalue weighted by Gasteiger charge is -2.49. The molecule has 34 heavy (non-hydrogen) atoms. The number of hydrogen-bond donors (Lipinski definition) is 1. The van der Waals surface area contributed by atoms with Crippen LogP contribution >= 0.6 is 22.9 Å². The standard InChI is InChI=1S/C27H32ClNO4S/c1-4-33-26(31)23-24-21(34-25(23)29-22(30)10-12-28)14-20-19-7-5-15-13-16(32-3)6-8-17(15)18(19)9-11-27(20,24)2/h6,8,13,18-20H,4-5,7,9-12,14H2,1-3H3,(H,29,30)/t18-,19+,20+,27-/m0/s1. The minimum atomic E-state index is -0.328. The number of nitrogens with one attached hydrogen (secondary N) is 1. The van der Waals surface area contributed by atoms with Gasteiger partial charge in [-0.2, -0.15) is 0 Å². The molecule has 1 aromatic heterocycles. The Morgan fingerprint density at radius 1 is 1.29 bits per heavy atom. The smallest absolute Gasteiger partial charge is 0.341 e. The van der Waals surface area contributed by atoms with Crippen LogP contribution in [0.25, 0.3) is 0 Å². The molecule has 1 aromatic carbocycles. The predicted molar refractivity (Wildman–Crippen MR) is 136 cm³/mol. The summed E-state index contributed by atoms with van der Waals surface area (Å²) < 4.78 is 10.9. The van der Waals surface area contributed by atoms with E-state index < -0.39 is 0 Å². The normalized spacial score (nSPS) is 26.6. The number of ether oxygens (including phenoxy) is 2. The highest BCUT2D eigenvalue weighted by atomic mass is 35.5. The predicted octanol–water partition coefficient (Wildman–Crippen LogP) is 6.07. The fourth-order valence-electron chi connectivity index (χ4n) is 6.88. The van der Waals surface area contributed by atoms with E-state index >= 15 is 0 Å². The molecule has 1 fully saturated rings. The number of alkyl halides is 1. The summed E-state index contributed by atoms with van der Waals surface area (Å²) in [6.07, 6.45) is 5.53. The van der Waals surface area contributed by atoms with Crippen molar-refractivity contribution in [2.45, 2.75) is 63.7 Å². The first-order valence-electron chi connectivity index (χ1n) is 12.3. The number of carbonyl (C=O) groups excluding carboxylic acids is 2. The van der Waals surface area contributed by atoms with E-state index in [2.05, 4.69) is 30.4 Å². The summed E-state index contributed by atoms with van der Waals surface area (Å²) >= 11 is 7.32. The summed E-state index contributed by atoms with van der Waals surface area (Å²) in [5.74, 6) is 2.32. The van der Waals surface area contributed by atoms with Crippen LogP contribution in [0.2, 0.25) is 0 Å². The van der Waals surface area contributed by atoms with E-state index in [1.807, 2.05) is 6.92 Å². The SMILES string of the molecule is CCOC(=O)c1c(NC(=O)CCCl)sc2c1[C@@]1(C)CC[C@H]3c4ccc(OC)cc4CC[C@H]3[C@H]1C2. The molecule has 5 rings (SSSR count). The molecular weight excluding hydrogens is 470 g/mol. The second-order valence-corrected chi connectivity index (χ2v) is 11.4. The van der Waals surface area contributed by atoms with Crippen LogP contribution < -0.4 is 10.1 Å². The Hall–Kier alpha value is -2.05. The van der Waals surface area contributed by atoms with Gasteiger partial charge in [-0.25, -0.2) is 4.79 Å². The second-order valence-electron chi connectivity index (χ2n) is 9.95. The maximum absolute atomic E-state index is 13.1. The zero-order chi connectivity index (χ0) is 24.0. The Morgan fingerprint density at radius 2 is 2.12 bits per heavy atom. The van der Waals surface area contributed by atoms with Gasteiger partial charge in [0, 0.05) is 17.2 Å². The van der Waals surface area contributed by atoms with Crippen LogP contribution in [0.4, 0.5) is 5.00 Å². The molecule has 7 heteroatoms. The molecule has 0 spiro atoms. The van der Waals surface area contributed by atoms with Crippen LogP contribution in [0.15, 0.2) is 18.2 Å². The molecule has 182 valence electrons. The number of hydrogen-bond acceptors (Lipinski definition) is 5. The van der Waals surface area contributed by atoms with Crippen LogP contribution in [0.3, 0.4) is 0 Å². The Bertz CT molecular complexity index is 1130. The van der Waals surface area contributed by atoms with Crippen molar-refractivity contribution in [3.63, 3.8) is 0 Å². The molecule has 0 saturated heterocycles. The van der Waals surface area contributed by atoms with Crippen LogP contribution in [0.5, 0.6) is 5.75 Å². The number of amides is 1. The first-order chi connectivity index (χ1) is 16.4. The van der Waals surface area contributed by atoms with E-state index in [0.29, 0.717) is 34.9 Å². The molecule has 1 N–H and O–H groups in total. The van der Waals surface area contributed by atoms with E-state index in [9.17, 15) is 9.59 Å². The van der Waals surface area contributed by atoms with Crippen molar-refractivity contribution in [1.29, 1.82) is 0 Å². The van der Waals surface area contributed by atoms with Crippen molar-refractivity contribution < 1.29 is 19.1 Å². The topological polar surface area (TPSA) is 64.6 Å². The highest BCUT2D eigenvalue weighted by Gasteiger charge is 2.55. The number of benzene rings is 1. The van der Waals surface area contributed by atoms with Gasteiger partial charge >= 0.3 is 5.97 Å². The molecule has 1 saturated carbocycles. The molecule has 3 aliphatic rings. The molecule has 5 nitrogen and oxygen atoms in total. The first kappa shape index (κ1) is 23.7. The zero-order valence-corrected chi connectivity index (χ0v) is 21.6. The Labute approximate surface area is 210 Å². The summed E-state index contributed by atoms with van der Waals surface area (Å²) in [4.78, 5) is 26.7. The lowest BCUT2D eigenvalue weighted by Crippen LogP contribution is -2.43. The molecule has 1 heterocycles. The van der Waals surface area contributed by atoms with Gasteiger partial charge in [-0.15, -0.1) is 22.9 Å². The number of aryl methyl sites for hydroxylation is 1. The van der Waals surface area contributed by atoms with Gasteiger partial charge in [0.15, 0.2) is 0 Å². The summed E-state index contributed by atoms with van der Waals surface area (Å²) in [5, 5.41) is 3.58. The maximum atomic E-state index is 13.1. The van der Waals surface area contributed by atoms with Gasteiger partial charge in [-0.3, -0.25) is 4.79 Å². The number of thiophene rings is 1. The average Bonchev–Trinajstić information content (AvgIpc) is 3.32. The van der Waals surface area contributed by atoms with Gasteiger partial charge in [-0.1, -0.05) is 13.0 Å². The third-order valence-electron chi connectivity index (χ3n) is 8.33. The molecule has 0 unspecified atom stereocenters. The van der Waals surface area contributed by atoms with Crippen molar-refractivity contribution >= 4 is 39.8 Å². The third-order valence-corrected chi connectivity index (χ3v) is 9.65. The quantitative estimate of drug-likeness (QED) is 0.385. The molecule has 3 aliphatic carbocycles. The van der Waals surface area contributed by atoms with E-state index in [1.54, 1.807) is 18.4 Å². The molecule has 2 aromatic rings. The van der Waals surface area contributed by atoms with Gasteiger partial charge < -0.3 is 14.8 Å². The molecule has 0 bridgehead atoms. The van der Waals surface area contributed by atoms with Gasteiger partial charge in [0.1, 0.15) is 10.8 Å². The highest BCUT2D eigenvalue weighted by molar-refractivity contribution is 7.17. The van der Waals surface area contributed by atoms with Crippen molar-refractivity contribution in [3.05, 3.63) is 45.3 Å². The Morgan fingerprint density at radius 3 is 2.85 bits per heavy atom. The number of esters is 1. The van der Waals surface area contributed by atoms with E-state index in [1.165, 1.54) is 16.0 Å². The molecule has 0 radical (unpaired) electrons.